The molecule has 0 aliphatic carbocycles. The summed E-state index contributed by atoms with van der Waals surface area (Å²) in [5, 5.41) is 3.26. The van der Waals surface area contributed by atoms with E-state index in [2.05, 4.69) is 15.0 Å². The smallest absolute Gasteiger partial charge is 0.350 e. The number of rotatable bonds is 7. The molecule has 1 rings (SSSR count). The molecule has 0 saturated carbocycles. The van der Waals surface area contributed by atoms with E-state index in [1.165, 1.54) is 12.3 Å². The van der Waals surface area contributed by atoms with Crippen molar-refractivity contribution in [2.75, 3.05) is 18.6 Å². The maximum absolute atomic E-state index is 11.5. The molecule has 0 spiro atoms. The largest absolute Gasteiger partial charge is 0.383 e. The van der Waals surface area contributed by atoms with Gasteiger partial charge in [0.05, 0.1) is 19.2 Å². The molecule has 0 bridgehead atoms. The fraction of sp³-hybridized carbons (Fsp3) is 0.500. The molecule has 0 saturated heterocycles. The van der Waals surface area contributed by atoms with Gasteiger partial charge in [-0.15, -0.1) is 0 Å². The van der Waals surface area contributed by atoms with Crippen molar-refractivity contribution in [3.63, 3.8) is 0 Å². The van der Waals surface area contributed by atoms with E-state index in [0.29, 0.717) is 0 Å². The van der Waals surface area contributed by atoms with Gasteiger partial charge < -0.3 is 20.3 Å². The Morgan fingerprint density at radius 3 is 2.90 bits per heavy atom. The molecular formula is C8H13N6O5P. The first-order valence-electron chi connectivity index (χ1n) is 5.32. The quantitative estimate of drug-likeness (QED) is 0.267. The van der Waals surface area contributed by atoms with Gasteiger partial charge in [0.25, 0.3) is 0 Å². The fourth-order valence-electron chi connectivity index (χ4n) is 1.29. The monoisotopic (exact) mass is 304 g/mol. The van der Waals surface area contributed by atoms with E-state index >= 15 is 0 Å². The average molecular weight is 304 g/mol. The predicted octanol–water partition coefficient (Wildman–Crippen LogP) is -0.344. The molecule has 1 aromatic heterocycles. The molecule has 1 aromatic rings. The molecule has 0 fully saturated rings. The lowest BCUT2D eigenvalue weighted by molar-refractivity contribution is 0.0675. The third-order valence-electron chi connectivity index (χ3n) is 2.12. The van der Waals surface area contributed by atoms with Crippen molar-refractivity contribution in [3.8, 4) is 0 Å². The number of azide groups is 1. The van der Waals surface area contributed by atoms with Gasteiger partial charge in [-0.1, -0.05) is 5.11 Å². The Labute approximate surface area is 112 Å². The minimum atomic E-state index is -4.36. The van der Waals surface area contributed by atoms with Crippen molar-refractivity contribution in [1.29, 1.82) is 0 Å². The first kappa shape index (κ1) is 16.2. The normalized spacial score (nSPS) is 12.7. The van der Waals surface area contributed by atoms with E-state index in [9.17, 15) is 9.36 Å². The molecule has 11 nitrogen and oxygen atoms in total. The molecule has 0 radical (unpaired) electrons. The summed E-state index contributed by atoms with van der Waals surface area (Å²) in [6.45, 7) is -0.265. The van der Waals surface area contributed by atoms with Crippen molar-refractivity contribution in [1.82, 2.24) is 9.55 Å². The Balaban J connectivity index is 2.80. The Morgan fingerprint density at radius 2 is 2.35 bits per heavy atom. The van der Waals surface area contributed by atoms with Crippen LogP contribution in [0.3, 0.4) is 0 Å². The zero-order chi connectivity index (χ0) is 15.2. The zero-order valence-electron chi connectivity index (χ0n) is 10.2. The molecule has 1 heterocycles. The van der Waals surface area contributed by atoms with Gasteiger partial charge in [0.1, 0.15) is 12.2 Å². The van der Waals surface area contributed by atoms with Crippen LogP contribution in [0.2, 0.25) is 0 Å². The van der Waals surface area contributed by atoms with Crippen molar-refractivity contribution < 1.29 is 19.1 Å². The summed E-state index contributed by atoms with van der Waals surface area (Å²) in [5.41, 5.74) is 12.9. The van der Waals surface area contributed by atoms with Gasteiger partial charge in [-0.3, -0.25) is 9.13 Å². The van der Waals surface area contributed by atoms with Crippen LogP contribution in [0, 0.1) is 0 Å². The minimum Gasteiger partial charge on any atom is -0.383 e. The van der Waals surface area contributed by atoms with E-state index in [1.54, 1.807) is 0 Å². The van der Waals surface area contributed by atoms with Crippen LogP contribution in [-0.2, 0) is 15.8 Å². The zero-order valence-corrected chi connectivity index (χ0v) is 11.1. The molecule has 110 valence electrons. The fourth-order valence-corrected chi connectivity index (χ4v) is 1.70. The second kappa shape index (κ2) is 7.04. The van der Waals surface area contributed by atoms with Gasteiger partial charge in [-0.25, -0.2) is 4.79 Å². The summed E-state index contributed by atoms with van der Waals surface area (Å²) in [5.74, 6) is 0.0500. The highest BCUT2D eigenvalue weighted by molar-refractivity contribution is 7.51. The Bertz CT molecular complexity index is 606. The van der Waals surface area contributed by atoms with Crippen molar-refractivity contribution in [3.05, 3.63) is 33.2 Å². The number of hydrogen-bond acceptors (Lipinski definition) is 6. The summed E-state index contributed by atoms with van der Waals surface area (Å²) < 4.78 is 16.8. The maximum atomic E-state index is 11.5. The number of aromatic nitrogens is 2. The first-order chi connectivity index (χ1) is 9.31. The predicted molar refractivity (Wildman–Crippen MR) is 68.7 cm³/mol. The minimum absolute atomic E-state index is 0.0500. The van der Waals surface area contributed by atoms with E-state index in [0.717, 1.165) is 4.57 Å². The molecule has 0 amide bonds. The van der Waals surface area contributed by atoms with Crippen LogP contribution >= 0.6 is 7.60 Å². The Kier molecular flexibility index (Phi) is 5.68. The van der Waals surface area contributed by atoms with Crippen LogP contribution in [-0.4, -0.2) is 38.3 Å². The molecule has 20 heavy (non-hydrogen) atoms. The summed E-state index contributed by atoms with van der Waals surface area (Å²) >= 11 is 0. The van der Waals surface area contributed by atoms with Crippen LogP contribution in [0.1, 0.15) is 0 Å². The van der Waals surface area contributed by atoms with Gasteiger partial charge in [-0.2, -0.15) is 4.98 Å². The van der Waals surface area contributed by atoms with Crippen molar-refractivity contribution in [2.24, 2.45) is 5.11 Å². The Morgan fingerprint density at radius 1 is 1.65 bits per heavy atom. The van der Waals surface area contributed by atoms with Crippen LogP contribution < -0.4 is 11.4 Å². The molecule has 0 aliphatic rings. The second-order valence-corrected chi connectivity index (χ2v) is 5.37. The van der Waals surface area contributed by atoms with Gasteiger partial charge in [-0.05, 0) is 11.6 Å². The topological polar surface area (TPSA) is 176 Å². The second-order valence-electron chi connectivity index (χ2n) is 3.78. The van der Waals surface area contributed by atoms with E-state index < -0.39 is 25.7 Å². The van der Waals surface area contributed by atoms with E-state index in [-0.39, 0.29) is 18.9 Å². The number of nitrogens with two attached hydrogens (primary N) is 1. The van der Waals surface area contributed by atoms with Gasteiger partial charge >= 0.3 is 13.3 Å². The van der Waals surface area contributed by atoms with Crippen LogP contribution in [0.4, 0.5) is 5.82 Å². The molecular weight excluding hydrogens is 291 g/mol. The summed E-state index contributed by atoms with van der Waals surface area (Å²) in [4.78, 5) is 35.0. The number of nitrogen functional groups attached to an aromatic ring is 1. The lowest BCUT2D eigenvalue weighted by atomic mass is 10.3. The maximum Gasteiger partial charge on any atom is 0.350 e. The highest BCUT2D eigenvalue weighted by Gasteiger charge is 2.18. The first-order valence-corrected chi connectivity index (χ1v) is 7.11. The van der Waals surface area contributed by atoms with Crippen LogP contribution in [0.15, 0.2) is 22.2 Å². The Hall–Kier alpha value is -1.90. The lowest BCUT2D eigenvalue weighted by Crippen LogP contribution is -2.31. The molecule has 0 aliphatic heterocycles. The highest BCUT2D eigenvalue weighted by atomic mass is 31.2. The lowest BCUT2D eigenvalue weighted by Gasteiger charge is -2.17. The van der Waals surface area contributed by atoms with E-state index in [1.807, 2.05) is 0 Å². The summed E-state index contributed by atoms with van der Waals surface area (Å²) in [6.07, 6.45) is -0.355. The molecule has 4 N–H and O–H groups in total. The standard InChI is InChI=1S/C8H13N6O5P/c9-7-1-2-14(8(15)12-7)4-6(3-11-13-10)19-5-20(16,17)18/h1-2,6H,3-5H2,(H2,9,12,15)(H2,16,17,18)/t6-/m1/s1. The molecule has 0 unspecified atom stereocenters. The third-order valence-corrected chi connectivity index (χ3v) is 2.61. The third kappa shape index (κ3) is 5.83. The number of anilines is 1. The average Bonchev–Trinajstić information content (AvgIpc) is 2.34. The van der Waals surface area contributed by atoms with E-state index in [4.69, 9.17) is 25.8 Å². The van der Waals surface area contributed by atoms with Crippen LogP contribution in [0.5, 0.6) is 0 Å². The highest BCUT2D eigenvalue weighted by Crippen LogP contribution is 2.34. The van der Waals surface area contributed by atoms with Gasteiger partial charge in [0.2, 0.25) is 0 Å². The number of nitrogens with zero attached hydrogens (tertiary/aromatic N) is 5. The number of hydrogen-bond donors (Lipinski definition) is 3. The van der Waals surface area contributed by atoms with Gasteiger partial charge in [0, 0.05) is 11.1 Å². The van der Waals surface area contributed by atoms with Crippen LogP contribution in [0.25, 0.3) is 10.4 Å². The molecule has 1 atom stereocenters. The summed E-state index contributed by atoms with van der Waals surface area (Å²) in [7, 11) is -4.36. The SMILES string of the molecule is [N-]=[N+]=NC[C@H](Cn1ccc(N)nc1=O)OCP(=O)(O)O. The summed E-state index contributed by atoms with van der Waals surface area (Å²) in [6, 6.07) is 1.38. The molecule has 0 aromatic carbocycles. The molecule has 12 heteroatoms. The number of ether oxygens (including phenoxy) is 1. The van der Waals surface area contributed by atoms with Crippen molar-refractivity contribution in [2.45, 2.75) is 12.6 Å². The van der Waals surface area contributed by atoms with Crippen molar-refractivity contribution >= 4 is 13.4 Å². The van der Waals surface area contributed by atoms with Gasteiger partial charge in [0.15, 0.2) is 0 Å².